The molecule has 0 radical (unpaired) electrons. The Labute approximate surface area is 198 Å². The Morgan fingerprint density at radius 2 is 1.74 bits per heavy atom. The van der Waals surface area contributed by atoms with E-state index in [0.29, 0.717) is 6.42 Å². The highest BCUT2D eigenvalue weighted by atomic mass is 16.4. The van der Waals surface area contributed by atoms with E-state index in [1.807, 2.05) is 30.3 Å². The normalized spacial score (nSPS) is 18.1. The molecule has 7 N–H and O–H groups in total. The van der Waals surface area contributed by atoms with Crippen LogP contribution in [0.15, 0.2) is 30.3 Å². The zero-order valence-electron chi connectivity index (χ0n) is 19.4. The number of carbonyl (C=O) groups is 5. The van der Waals surface area contributed by atoms with Crippen LogP contribution in [0.4, 0.5) is 0 Å². The van der Waals surface area contributed by atoms with E-state index in [9.17, 15) is 29.1 Å². The van der Waals surface area contributed by atoms with Crippen LogP contribution in [-0.2, 0) is 30.4 Å². The van der Waals surface area contributed by atoms with Crippen LogP contribution in [0.3, 0.4) is 0 Å². The minimum Gasteiger partial charge on any atom is -0.480 e. The number of hydrogen-bond donors (Lipinski definition) is 5. The topological polar surface area (TPSA) is 185 Å². The van der Waals surface area contributed by atoms with Crippen LogP contribution in [0.2, 0.25) is 0 Å². The summed E-state index contributed by atoms with van der Waals surface area (Å²) in [4.78, 5) is 62.8. The Morgan fingerprint density at radius 3 is 2.29 bits per heavy atom. The van der Waals surface area contributed by atoms with Gasteiger partial charge in [-0.05, 0) is 30.7 Å². The molecule has 0 aromatic heterocycles. The van der Waals surface area contributed by atoms with Gasteiger partial charge >= 0.3 is 5.97 Å². The SMILES string of the molecule is CC(C)C(NC(=O)C(N)Cc1ccccc1)C(=O)NC(CC(N)=O)C(=O)N1CCCC1C(=O)O. The average molecular weight is 476 g/mol. The van der Waals surface area contributed by atoms with Crippen molar-refractivity contribution in [1.29, 1.82) is 0 Å². The second-order valence-corrected chi connectivity index (χ2v) is 8.79. The predicted molar refractivity (Wildman–Crippen MR) is 123 cm³/mol. The maximum atomic E-state index is 13.0. The van der Waals surface area contributed by atoms with Gasteiger partial charge in [-0.3, -0.25) is 19.2 Å². The summed E-state index contributed by atoms with van der Waals surface area (Å²) >= 11 is 0. The molecule has 1 saturated heterocycles. The van der Waals surface area contributed by atoms with Crippen molar-refractivity contribution in [2.45, 2.75) is 63.7 Å². The lowest BCUT2D eigenvalue weighted by Crippen LogP contribution is -2.59. The fourth-order valence-electron chi connectivity index (χ4n) is 3.91. The molecule has 11 nitrogen and oxygen atoms in total. The van der Waals surface area contributed by atoms with Crippen molar-refractivity contribution in [3.8, 4) is 0 Å². The summed E-state index contributed by atoms with van der Waals surface area (Å²) in [6.07, 6.45) is 0.541. The number of nitrogens with zero attached hydrogens (tertiary/aromatic N) is 1. The largest absolute Gasteiger partial charge is 0.480 e. The van der Waals surface area contributed by atoms with Gasteiger partial charge in [0.2, 0.25) is 23.6 Å². The van der Waals surface area contributed by atoms with E-state index in [-0.39, 0.29) is 25.3 Å². The molecule has 0 spiro atoms. The average Bonchev–Trinajstić information content (AvgIpc) is 3.26. The van der Waals surface area contributed by atoms with Gasteiger partial charge in [-0.15, -0.1) is 0 Å². The third kappa shape index (κ3) is 7.27. The molecule has 1 aliphatic heterocycles. The molecule has 186 valence electrons. The predicted octanol–water partition coefficient (Wildman–Crippen LogP) is -0.867. The van der Waals surface area contributed by atoms with E-state index < -0.39 is 60.2 Å². The maximum absolute atomic E-state index is 13.0. The van der Waals surface area contributed by atoms with Gasteiger partial charge in [0.15, 0.2) is 0 Å². The number of benzene rings is 1. The first kappa shape index (κ1) is 26.8. The van der Waals surface area contributed by atoms with E-state index in [4.69, 9.17) is 11.5 Å². The van der Waals surface area contributed by atoms with Crippen molar-refractivity contribution in [2.24, 2.45) is 17.4 Å². The summed E-state index contributed by atoms with van der Waals surface area (Å²) in [6.45, 7) is 3.61. The molecule has 1 aromatic carbocycles. The first-order valence-corrected chi connectivity index (χ1v) is 11.2. The monoisotopic (exact) mass is 475 g/mol. The third-order valence-electron chi connectivity index (χ3n) is 5.72. The minimum atomic E-state index is -1.35. The Bertz CT molecular complexity index is 906. The van der Waals surface area contributed by atoms with Crippen molar-refractivity contribution < 1.29 is 29.1 Å². The van der Waals surface area contributed by atoms with Crippen LogP contribution in [0.5, 0.6) is 0 Å². The molecule has 0 aliphatic carbocycles. The van der Waals surface area contributed by atoms with Gasteiger partial charge in [0, 0.05) is 6.54 Å². The first-order chi connectivity index (χ1) is 16.0. The van der Waals surface area contributed by atoms with Crippen LogP contribution >= 0.6 is 0 Å². The van der Waals surface area contributed by atoms with Crippen LogP contribution in [0.1, 0.15) is 38.7 Å². The second-order valence-electron chi connectivity index (χ2n) is 8.79. The van der Waals surface area contributed by atoms with E-state index >= 15 is 0 Å². The summed E-state index contributed by atoms with van der Waals surface area (Å²) in [5.74, 6) is -4.29. The molecule has 0 bridgehead atoms. The lowest BCUT2D eigenvalue weighted by Gasteiger charge is -2.29. The van der Waals surface area contributed by atoms with E-state index in [1.54, 1.807) is 13.8 Å². The van der Waals surface area contributed by atoms with Crippen LogP contribution < -0.4 is 22.1 Å². The second kappa shape index (κ2) is 12.1. The zero-order chi connectivity index (χ0) is 25.4. The van der Waals surface area contributed by atoms with Gasteiger partial charge in [-0.1, -0.05) is 44.2 Å². The Balaban J connectivity index is 2.10. The molecule has 2 rings (SSSR count). The van der Waals surface area contributed by atoms with Gasteiger partial charge in [-0.25, -0.2) is 4.79 Å². The number of likely N-dealkylation sites (tertiary alicyclic amines) is 1. The maximum Gasteiger partial charge on any atom is 0.326 e. The summed E-state index contributed by atoms with van der Waals surface area (Å²) < 4.78 is 0. The molecule has 34 heavy (non-hydrogen) atoms. The van der Waals surface area contributed by atoms with Crippen molar-refractivity contribution in [1.82, 2.24) is 15.5 Å². The molecule has 11 heteroatoms. The number of nitrogens with one attached hydrogen (secondary N) is 2. The highest BCUT2D eigenvalue weighted by molar-refractivity contribution is 5.96. The number of carboxylic acid groups (broad SMARTS) is 1. The molecule has 1 aromatic rings. The standard InChI is InChI=1S/C23H33N5O6/c1-13(2)19(27-20(30)15(24)11-14-7-4-3-5-8-14)21(31)26-16(12-18(25)29)22(32)28-10-6-9-17(28)23(33)34/h3-5,7-8,13,15-17,19H,6,9-12,24H2,1-2H3,(H2,25,29)(H,26,31)(H,27,30)(H,33,34). The Morgan fingerprint density at radius 1 is 1.09 bits per heavy atom. The number of primary amides is 1. The fourth-order valence-corrected chi connectivity index (χ4v) is 3.91. The smallest absolute Gasteiger partial charge is 0.326 e. The summed E-state index contributed by atoms with van der Waals surface area (Å²) in [6, 6.07) is 4.86. The van der Waals surface area contributed by atoms with E-state index in [1.165, 1.54) is 0 Å². The number of amides is 4. The molecular formula is C23H33N5O6. The zero-order valence-corrected chi connectivity index (χ0v) is 19.4. The lowest BCUT2D eigenvalue weighted by atomic mass is 10.0. The molecule has 1 aliphatic rings. The minimum absolute atomic E-state index is 0.194. The Hall–Kier alpha value is -3.47. The van der Waals surface area contributed by atoms with Crippen molar-refractivity contribution in [3.63, 3.8) is 0 Å². The summed E-state index contributed by atoms with van der Waals surface area (Å²) in [7, 11) is 0. The third-order valence-corrected chi connectivity index (χ3v) is 5.72. The molecule has 4 unspecified atom stereocenters. The van der Waals surface area contributed by atoms with Gasteiger partial charge in [-0.2, -0.15) is 0 Å². The summed E-state index contributed by atoms with van der Waals surface area (Å²) in [5.41, 5.74) is 12.1. The number of nitrogens with two attached hydrogens (primary N) is 2. The quantitative estimate of drug-likeness (QED) is 0.275. The number of aliphatic carboxylic acids is 1. The Kier molecular flexibility index (Phi) is 9.55. The molecule has 4 amide bonds. The van der Waals surface area contributed by atoms with Gasteiger partial charge in [0.25, 0.3) is 0 Å². The lowest BCUT2D eigenvalue weighted by molar-refractivity contribution is -0.149. The molecule has 0 saturated carbocycles. The highest BCUT2D eigenvalue weighted by Crippen LogP contribution is 2.19. The van der Waals surface area contributed by atoms with Gasteiger partial charge in [0.05, 0.1) is 12.5 Å². The van der Waals surface area contributed by atoms with Crippen LogP contribution in [0.25, 0.3) is 0 Å². The summed E-state index contributed by atoms with van der Waals surface area (Å²) in [5, 5.41) is 14.5. The fraction of sp³-hybridized carbons (Fsp3) is 0.522. The molecule has 1 fully saturated rings. The number of carboxylic acids is 1. The van der Waals surface area contributed by atoms with Crippen molar-refractivity contribution in [2.75, 3.05) is 6.54 Å². The van der Waals surface area contributed by atoms with E-state index in [2.05, 4.69) is 10.6 Å². The highest BCUT2D eigenvalue weighted by Gasteiger charge is 2.39. The number of carbonyl (C=O) groups excluding carboxylic acids is 4. The number of rotatable bonds is 11. The first-order valence-electron chi connectivity index (χ1n) is 11.2. The van der Waals surface area contributed by atoms with Crippen LogP contribution in [-0.4, -0.2) is 70.3 Å². The number of hydrogen-bond acceptors (Lipinski definition) is 6. The van der Waals surface area contributed by atoms with Crippen molar-refractivity contribution >= 4 is 29.6 Å². The molecular weight excluding hydrogens is 442 g/mol. The van der Waals surface area contributed by atoms with Gasteiger partial charge in [0.1, 0.15) is 18.1 Å². The van der Waals surface area contributed by atoms with E-state index in [0.717, 1.165) is 10.5 Å². The molecule has 4 atom stereocenters. The molecule has 1 heterocycles. The van der Waals surface area contributed by atoms with Gasteiger partial charge < -0.3 is 32.1 Å². The van der Waals surface area contributed by atoms with Crippen LogP contribution in [0, 0.1) is 5.92 Å². The van der Waals surface area contributed by atoms with Crippen molar-refractivity contribution in [3.05, 3.63) is 35.9 Å².